The van der Waals surface area contributed by atoms with Gasteiger partial charge >= 0.3 is 0 Å². The van der Waals surface area contributed by atoms with Gasteiger partial charge in [-0.1, -0.05) is 12.1 Å². The molecule has 0 bridgehead atoms. The van der Waals surface area contributed by atoms with Crippen molar-refractivity contribution < 1.29 is 9.13 Å². The van der Waals surface area contributed by atoms with Gasteiger partial charge in [-0.3, -0.25) is 4.98 Å². The maximum absolute atomic E-state index is 13.6. The summed E-state index contributed by atoms with van der Waals surface area (Å²) in [4.78, 5) is 4.05. The molecule has 2 rings (SSSR count). The summed E-state index contributed by atoms with van der Waals surface area (Å²) in [5, 5.41) is 3.24. The number of rotatable bonds is 5. The zero-order chi connectivity index (χ0) is 14.5. The molecule has 1 N–H and O–H groups in total. The van der Waals surface area contributed by atoms with E-state index in [9.17, 15) is 4.39 Å². The van der Waals surface area contributed by atoms with Gasteiger partial charge in [-0.15, -0.1) is 0 Å². The van der Waals surface area contributed by atoms with Crippen molar-refractivity contribution in [2.45, 2.75) is 12.5 Å². The molecule has 0 spiro atoms. The van der Waals surface area contributed by atoms with Crippen molar-refractivity contribution in [2.24, 2.45) is 0 Å². The Balaban J connectivity index is 2.31. The summed E-state index contributed by atoms with van der Waals surface area (Å²) in [5.41, 5.74) is 1.91. The van der Waals surface area contributed by atoms with Gasteiger partial charge in [0.15, 0.2) is 0 Å². The van der Waals surface area contributed by atoms with Crippen LogP contribution in [0.25, 0.3) is 0 Å². The third-order valence-corrected chi connectivity index (χ3v) is 4.10. The molecule has 0 aliphatic carbocycles. The molecule has 0 fully saturated rings. The Kier molecular flexibility index (Phi) is 5.09. The maximum Gasteiger partial charge on any atom is 0.141 e. The lowest BCUT2D eigenvalue weighted by molar-refractivity contribution is 0.399. The molecule has 20 heavy (non-hydrogen) atoms. The molecule has 0 radical (unpaired) electrons. The second-order valence-corrected chi connectivity index (χ2v) is 5.17. The zero-order valence-electron chi connectivity index (χ0n) is 11.4. The van der Waals surface area contributed by atoms with Gasteiger partial charge in [0.2, 0.25) is 0 Å². The van der Waals surface area contributed by atoms with E-state index in [4.69, 9.17) is 4.74 Å². The third-order valence-electron chi connectivity index (χ3n) is 3.22. The van der Waals surface area contributed by atoms with Gasteiger partial charge in [0, 0.05) is 17.8 Å². The van der Waals surface area contributed by atoms with Gasteiger partial charge < -0.3 is 10.1 Å². The van der Waals surface area contributed by atoms with Crippen molar-refractivity contribution in [3.8, 4) is 5.75 Å². The molecule has 5 heteroatoms. The Morgan fingerprint density at radius 1 is 1.40 bits per heavy atom. The summed E-state index contributed by atoms with van der Waals surface area (Å²) in [6, 6.07) is 6.99. The highest BCUT2D eigenvalue weighted by Gasteiger charge is 2.17. The van der Waals surface area contributed by atoms with Crippen molar-refractivity contribution in [2.75, 3.05) is 14.2 Å². The van der Waals surface area contributed by atoms with E-state index in [1.54, 1.807) is 25.6 Å². The molecule has 0 amide bonds. The minimum Gasteiger partial charge on any atom is -0.495 e. The highest BCUT2D eigenvalue weighted by molar-refractivity contribution is 9.10. The number of nitrogens with one attached hydrogen (secondary N) is 1. The minimum absolute atomic E-state index is 0.0195. The molecule has 1 aromatic heterocycles. The largest absolute Gasteiger partial charge is 0.495 e. The molecular weight excluding hydrogens is 323 g/mol. The molecule has 1 heterocycles. The summed E-state index contributed by atoms with van der Waals surface area (Å²) < 4.78 is 19.4. The van der Waals surface area contributed by atoms with E-state index >= 15 is 0 Å². The number of hydrogen-bond donors (Lipinski definition) is 1. The lowest BCUT2D eigenvalue weighted by Crippen LogP contribution is -2.20. The normalized spacial score (nSPS) is 12.2. The molecule has 0 saturated carbocycles. The molecule has 1 atom stereocenters. The zero-order valence-corrected chi connectivity index (χ0v) is 12.9. The molecular formula is C15H16BrFN2O. The van der Waals surface area contributed by atoms with Crippen molar-refractivity contribution in [3.05, 3.63) is 58.1 Å². The number of ether oxygens (including phenoxy) is 1. The van der Waals surface area contributed by atoms with Crippen molar-refractivity contribution >= 4 is 15.9 Å². The summed E-state index contributed by atoms with van der Waals surface area (Å²) in [5.74, 6) is 0.471. The van der Waals surface area contributed by atoms with E-state index < -0.39 is 0 Å². The number of halogens is 2. The van der Waals surface area contributed by atoms with Gasteiger partial charge in [0.05, 0.1) is 17.8 Å². The number of methoxy groups -OCH3 is 1. The third kappa shape index (κ3) is 3.16. The smallest absolute Gasteiger partial charge is 0.141 e. The predicted octanol–water partition coefficient (Wildman–Crippen LogP) is 3.50. The number of likely N-dealkylation sites (N-methyl/N-ethyl adjacent to an activating group) is 1. The maximum atomic E-state index is 13.6. The molecule has 2 aromatic rings. The SMILES string of the molecule is CNC(Cc1cccc(F)c1Br)c1ccncc1OC. The topological polar surface area (TPSA) is 34.2 Å². The molecule has 0 saturated heterocycles. The fourth-order valence-electron chi connectivity index (χ4n) is 2.14. The Hall–Kier alpha value is -1.46. The van der Waals surface area contributed by atoms with E-state index in [0.29, 0.717) is 10.9 Å². The quantitative estimate of drug-likeness (QED) is 0.905. The van der Waals surface area contributed by atoms with Crippen molar-refractivity contribution in [1.82, 2.24) is 10.3 Å². The number of nitrogens with zero attached hydrogens (tertiary/aromatic N) is 1. The fraction of sp³-hybridized carbons (Fsp3) is 0.267. The average molecular weight is 339 g/mol. The molecule has 3 nitrogen and oxygen atoms in total. The number of pyridine rings is 1. The van der Waals surface area contributed by atoms with Crippen LogP contribution >= 0.6 is 15.9 Å². The van der Waals surface area contributed by atoms with Gasteiger partial charge in [0.1, 0.15) is 11.6 Å². The fourth-order valence-corrected chi connectivity index (χ4v) is 2.57. The molecule has 1 unspecified atom stereocenters. The second kappa shape index (κ2) is 6.81. The highest BCUT2D eigenvalue weighted by Crippen LogP contribution is 2.29. The number of aromatic nitrogens is 1. The molecule has 106 valence electrons. The van der Waals surface area contributed by atoms with Gasteiger partial charge in [-0.2, -0.15) is 0 Å². The Labute approximate surface area is 126 Å². The summed E-state index contributed by atoms with van der Waals surface area (Å²) >= 11 is 3.30. The lowest BCUT2D eigenvalue weighted by Gasteiger charge is -2.19. The minimum atomic E-state index is -0.251. The van der Waals surface area contributed by atoms with Crippen LogP contribution in [-0.4, -0.2) is 19.1 Å². The van der Waals surface area contributed by atoms with E-state index in [1.165, 1.54) is 6.07 Å². The van der Waals surface area contributed by atoms with Gasteiger partial charge in [-0.25, -0.2) is 4.39 Å². The number of benzene rings is 1. The number of hydrogen-bond acceptors (Lipinski definition) is 3. The van der Waals surface area contributed by atoms with Crippen LogP contribution in [0.4, 0.5) is 4.39 Å². The first-order chi connectivity index (χ1) is 9.67. The van der Waals surface area contributed by atoms with Crippen LogP contribution in [0.2, 0.25) is 0 Å². The van der Waals surface area contributed by atoms with Crippen LogP contribution in [-0.2, 0) is 6.42 Å². The summed E-state index contributed by atoms with van der Waals surface area (Å²) in [7, 11) is 3.49. The van der Waals surface area contributed by atoms with Crippen LogP contribution in [0.3, 0.4) is 0 Å². The van der Waals surface area contributed by atoms with Crippen LogP contribution in [0, 0.1) is 5.82 Å². The second-order valence-electron chi connectivity index (χ2n) is 4.38. The van der Waals surface area contributed by atoms with E-state index in [0.717, 1.165) is 16.9 Å². The van der Waals surface area contributed by atoms with Gasteiger partial charge in [-0.05, 0) is 47.1 Å². The van der Waals surface area contributed by atoms with Crippen molar-refractivity contribution in [1.29, 1.82) is 0 Å². The average Bonchev–Trinajstić information content (AvgIpc) is 2.49. The Morgan fingerprint density at radius 3 is 2.90 bits per heavy atom. The van der Waals surface area contributed by atoms with E-state index in [2.05, 4.69) is 26.2 Å². The molecule has 0 aliphatic heterocycles. The summed E-state index contributed by atoms with van der Waals surface area (Å²) in [6.07, 6.45) is 4.05. The van der Waals surface area contributed by atoms with Crippen LogP contribution in [0.5, 0.6) is 5.75 Å². The first-order valence-electron chi connectivity index (χ1n) is 6.25. The first kappa shape index (κ1) is 14.9. The standard InChI is InChI=1S/C15H16BrFN2O/c1-18-13(11-6-7-19-9-14(11)20-2)8-10-4-3-5-12(17)15(10)16/h3-7,9,13,18H,8H2,1-2H3. The van der Waals surface area contributed by atoms with E-state index in [1.807, 2.05) is 19.2 Å². The predicted molar refractivity (Wildman–Crippen MR) is 80.4 cm³/mol. The highest BCUT2D eigenvalue weighted by atomic mass is 79.9. The molecule has 1 aromatic carbocycles. The summed E-state index contributed by atoms with van der Waals surface area (Å²) in [6.45, 7) is 0. The molecule has 0 aliphatic rings. The van der Waals surface area contributed by atoms with Crippen LogP contribution in [0.15, 0.2) is 41.1 Å². The van der Waals surface area contributed by atoms with Crippen molar-refractivity contribution in [3.63, 3.8) is 0 Å². The van der Waals surface area contributed by atoms with Crippen LogP contribution in [0.1, 0.15) is 17.2 Å². The lowest BCUT2D eigenvalue weighted by atomic mass is 9.99. The van der Waals surface area contributed by atoms with E-state index in [-0.39, 0.29) is 11.9 Å². The first-order valence-corrected chi connectivity index (χ1v) is 7.04. The van der Waals surface area contributed by atoms with Gasteiger partial charge in [0.25, 0.3) is 0 Å². The van der Waals surface area contributed by atoms with Crippen LogP contribution < -0.4 is 10.1 Å². The Bertz CT molecular complexity index is 592. The monoisotopic (exact) mass is 338 g/mol. The Morgan fingerprint density at radius 2 is 2.20 bits per heavy atom.